The monoisotopic (exact) mass is 343 g/mol. The summed E-state index contributed by atoms with van der Waals surface area (Å²) < 4.78 is 0. The smallest absolute Gasteiger partial charge is 0.0608 e. The zero-order chi connectivity index (χ0) is 18.1. The average Bonchev–Trinajstić information content (AvgIpc) is 2.79. The number of benzene rings is 1. The van der Waals surface area contributed by atoms with Gasteiger partial charge in [-0.3, -0.25) is 0 Å². The Labute approximate surface area is 154 Å². The van der Waals surface area contributed by atoms with Crippen LogP contribution in [0.2, 0.25) is 0 Å². The molecule has 0 fully saturated rings. The van der Waals surface area contributed by atoms with Crippen LogP contribution in [0.1, 0.15) is 94.2 Å². The molecule has 0 bridgehead atoms. The minimum atomic E-state index is -0.497. The van der Waals surface area contributed by atoms with Crippen molar-refractivity contribution < 1.29 is 5.11 Å². The van der Waals surface area contributed by atoms with E-state index in [1.54, 1.807) is 0 Å². The molecule has 2 heteroatoms. The summed E-state index contributed by atoms with van der Waals surface area (Å²) in [7, 11) is 0. The van der Waals surface area contributed by atoms with Gasteiger partial charge in [0.25, 0.3) is 0 Å². The standard InChI is InChI=1S/C23H37NO/c1-3-4-5-6-7-8-11-19-14-15-22-20(16-19)12-9-10-13-21(22)17-23(2,24)18-25/h9,12,14-16,21,25H,3-8,10-11,13,17-18,24H2,1-2H3/t21-,23-/m1/s1. The van der Waals surface area contributed by atoms with Crippen molar-refractivity contribution in [2.75, 3.05) is 6.61 Å². The Hall–Kier alpha value is -1.12. The molecule has 1 aromatic rings. The van der Waals surface area contributed by atoms with E-state index in [4.69, 9.17) is 5.73 Å². The summed E-state index contributed by atoms with van der Waals surface area (Å²) in [6, 6.07) is 7.00. The van der Waals surface area contributed by atoms with Gasteiger partial charge in [0.1, 0.15) is 0 Å². The molecule has 0 heterocycles. The van der Waals surface area contributed by atoms with Crippen molar-refractivity contribution in [3.63, 3.8) is 0 Å². The maximum atomic E-state index is 9.52. The molecule has 1 aromatic carbocycles. The SMILES string of the molecule is CCCCCCCCc1ccc2c(c1)C=CCC[C@@H]2C[C@@](C)(N)CO. The van der Waals surface area contributed by atoms with Gasteiger partial charge >= 0.3 is 0 Å². The lowest BCUT2D eigenvalue weighted by Gasteiger charge is -2.28. The van der Waals surface area contributed by atoms with Crippen LogP contribution in [0.3, 0.4) is 0 Å². The van der Waals surface area contributed by atoms with Gasteiger partial charge in [-0.2, -0.15) is 0 Å². The highest BCUT2D eigenvalue weighted by molar-refractivity contribution is 5.57. The van der Waals surface area contributed by atoms with Crippen LogP contribution in [0.15, 0.2) is 24.3 Å². The van der Waals surface area contributed by atoms with Crippen molar-refractivity contribution in [3.8, 4) is 0 Å². The zero-order valence-electron chi connectivity index (χ0n) is 16.3. The van der Waals surface area contributed by atoms with Gasteiger partial charge in [-0.05, 0) is 61.6 Å². The molecule has 140 valence electrons. The summed E-state index contributed by atoms with van der Waals surface area (Å²) in [4.78, 5) is 0. The van der Waals surface area contributed by atoms with Crippen molar-refractivity contribution in [3.05, 3.63) is 41.0 Å². The van der Waals surface area contributed by atoms with E-state index in [2.05, 4.69) is 37.3 Å². The van der Waals surface area contributed by atoms with Crippen LogP contribution in [-0.4, -0.2) is 17.3 Å². The van der Waals surface area contributed by atoms with Crippen molar-refractivity contribution in [1.29, 1.82) is 0 Å². The quantitative estimate of drug-likeness (QED) is 0.545. The Bertz CT molecular complexity index is 547. The summed E-state index contributed by atoms with van der Waals surface area (Å²) in [5.41, 5.74) is 9.96. The normalized spacial score (nSPS) is 19.3. The third-order valence-corrected chi connectivity index (χ3v) is 5.46. The molecule has 0 spiro atoms. The van der Waals surface area contributed by atoms with E-state index in [9.17, 15) is 5.11 Å². The predicted octanol–water partition coefficient (Wildman–Crippen LogP) is 5.58. The largest absolute Gasteiger partial charge is 0.394 e. The van der Waals surface area contributed by atoms with E-state index in [0.717, 1.165) is 19.3 Å². The Kier molecular flexibility index (Phi) is 8.18. The molecule has 25 heavy (non-hydrogen) atoms. The molecule has 0 aromatic heterocycles. The highest BCUT2D eigenvalue weighted by Gasteiger charge is 2.26. The first-order valence-electron chi connectivity index (χ1n) is 10.2. The number of unbranched alkanes of at least 4 members (excludes halogenated alkanes) is 5. The molecule has 0 saturated carbocycles. The summed E-state index contributed by atoms with van der Waals surface area (Å²) in [6.07, 6.45) is 16.9. The van der Waals surface area contributed by atoms with Gasteiger partial charge in [0.2, 0.25) is 0 Å². The summed E-state index contributed by atoms with van der Waals surface area (Å²) in [5, 5.41) is 9.52. The number of fused-ring (bicyclic) bond motifs is 1. The van der Waals surface area contributed by atoms with Gasteiger partial charge in [0.05, 0.1) is 6.61 Å². The molecular weight excluding hydrogens is 306 g/mol. The predicted molar refractivity (Wildman–Crippen MR) is 109 cm³/mol. The molecule has 0 amide bonds. The zero-order valence-corrected chi connectivity index (χ0v) is 16.3. The number of aliphatic hydroxyl groups is 1. The minimum absolute atomic E-state index is 0.0440. The highest BCUT2D eigenvalue weighted by Crippen LogP contribution is 2.35. The molecule has 0 unspecified atom stereocenters. The third-order valence-electron chi connectivity index (χ3n) is 5.46. The molecule has 3 N–H and O–H groups in total. The van der Waals surface area contributed by atoms with Crippen molar-refractivity contribution in [2.45, 2.75) is 89.5 Å². The van der Waals surface area contributed by atoms with Gasteiger partial charge in [-0.15, -0.1) is 0 Å². The molecule has 1 aliphatic carbocycles. The van der Waals surface area contributed by atoms with Gasteiger partial charge in [0, 0.05) is 5.54 Å². The van der Waals surface area contributed by atoms with E-state index >= 15 is 0 Å². The highest BCUT2D eigenvalue weighted by atomic mass is 16.3. The van der Waals surface area contributed by atoms with Crippen LogP contribution < -0.4 is 5.73 Å². The molecule has 1 aliphatic rings. The molecule has 2 nitrogen and oxygen atoms in total. The first-order chi connectivity index (χ1) is 12.1. The Morgan fingerprint density at radius 3 is 2.68 bits per heavy atom. The van der Waals surface area contributed by atoms with E-state index in [0.29, 0.717) is 5.92 Å². The van der Waals surface area contributed by atoms with Crippen LogP contribution >= 0.6 is 0 Å². The summed E-state index contributed by atoms with van der Waals surface area (Å²) in [5.74, 6) is 0.440. The van der Waals surface area contributed by atoms with Crippen LogP contribution in [0, 0.1) is 0 Å². The van der Waals surface area contributed by atoms with Gasteiger partial charge < -0.3 is 10.8 Å². The van der Waals surface area contributed by atoms with Crippen LogP contribution in [0.4, 0.5) is 0 Å². The molecule has 2 atom stereocenters. The van der Waals surface area contributed by atoms with Gasteiger partial charge in [0.15, 0.2) is 0 Å². The number of allylic oxidation sites excluding steroid dienone is 1. The van der Waals surface area contributed by atoms with E-state index in [1.807, 2.05) is 6.92 Å². The first kappa shape index (κ1) is 20.2. The second-order valence-electron chi connectivity index (χ2n) is 8.17. The fourth-order valence-electron chi connectivity index (χ4n) is 3.91. The van der Waals surface area contributed by atoms with Crippen LogP contribution in [0.25, 0.3) is 6.08 Å². The number of aryl methyl sites for hydroxylation is 1. The Morgan fingerprint density at radius 2 is 1.92 bits per heavy atom. The lowest BCUT2D eigenvalue weighted by atomic mass is 9.82. The Balaban J connectivity index is 1.98. The van der Waals surface area contributed by atoms with Crippen LogP contribution in [0.5, 0.6) is 0 Å². The van der Waals surface area contributed by atoms with Gasteiger partial charge in [-0.1, -0.05) is 69.4 Å². The fraction of sp³-hybridized carbons (Fsp3) is 0.652. The minimum Gasteiger partial charge on any atom is -0.394 e. The second-order valence-corrected chi connectivity index (χ2v) is 8.17. The molecule has 0 radical (unpaired) electrons. The van der Waals surface area contributed by atoms with Crippen molar-refractivity contribution >= 4 is 6.08 Å². The topological polar surface area (TPSA) is 46.2 Å². The number of rotatable bonds is 10. The van der Waals surface area contributed by atoms with E-state index in [1.165, 1.54) is 61.6 Å². The number of nitrogens with two attached hydrogens (primary N) is 1. The molecule has 0 saturated heterocycles. The first-order valence-corrected chi connectivity index (χ1v) is 10.2. The lowest BCUT2D eigenvalue weighted by Crippen LogP contribution is -2.41. The van der Waals surface area contributed by atoms with Crippen LogP contribution in [-0.2, 0) is 6.42 Å². The Morgan fingerprint density at radius 1 is 1.16 bits per heavy atom. The molecular formula is C23H37NO. The maximum Gasteiger partial charge on any atom is 0.0608 e. The molecule has 2 rings (SSSR count). The van der Waals surface area contributed by atoms with Gasteiger partial charge in [-0.25, -0.2) is 0 Å². The van der Waals surface area contributed by atoms with Crippen molar-refractivity contribution in [1.82, 2.24) is 0 Å². The maximum absolute atomic E-state index is 9.52. The number of hydrogen-bond donors (Lipinski definition) is 2. The van der Waals surface area contributed by atoms with Crippen molar-refractivity contribution in [2.24, 2.45) is 5.73 Å². The van der Waals surface area contributed by atoms with E-state index < -0.39 is 5.54 Å². The average molecular weight is 344 g/mol. The lowest BCUT2D eigenvalue weighted by molar-refractivity contribution is 0.191. The van der Waals surface area contributed by atoms with E-state index in [-0.39, 0.29) is 6.61 Å². The number of hydrogen-bond acceptors (Lipinski definition) is 2. The number of aliphatic hydroxyl groups excluding tert-OH is 1. The fourth-order valence-corrected chi connectivity index (χ4v) is 3.91. The molecule has 0 aliphatic heterocycles. The summed E-state index contributed by atoms with van der Waals surface area (Å²) in [6.45, 7) is 4.27. The second kappa shape index (κ2) is 10.1. The third kappa shape index (κ3) is 6.60. The summed E-state index contributed by atoms with van der Waals surface area (Å²) >= 11 is 0.